The molecule has 0 spiro atoms. The third-order valence-corrected chi connectivity index (χ3v) is 11.8. The quantitative estimate of drug-likeness (QED) is 0.115. The molecule has 0 bridgehead atoms. The van der Waals surface area contributed by atoms with Crippen LogP contribution in [0.25, 0.3) is 82.0 Å². The van der Waals surface area contributed by atoms with Crippen molar-refractivity contribution in [1.82, 2.24) is 13.2 Å². The third-order valence-electron chi connectivity index (χ3n) is 11.8. The molecule has 0 aliphatic rings. The maximum absolute atomic E-state index is 2.67. The number of hydrogen-bond acceptors (Lipinski definition) is 0. The summed E-state index contributed by atoms with van der Waals surface area (Å²) in [7, 11) is 0. The van der Waals surface area contributed by atoms with E-state index in [1.165, 1.54) is 104 Å². The Bertz CT molecular complexity index is 2800. The highest BCUT2D eigenvalue weighted by Gasteiger charge is 2.32. The topological polar surface area (TPSA) is 13.2 Å². The molecule has 10 aromatic rings. The van der Waals surface area contributed by atoms with Crippen LogP contribution in [0.15, 0.2) is 66.7 Å². The standard InChI is InChI=1S/C46H47N3/c1-43(2,3)24-13-15-34-28(17-24)32-23-33-29-18-25(44(4,5)6)14-16-35(29)48-37-22-27(46(10,11)12)20-31-30-19-26(45(7,8)9)21-36-38(30)49(39(31)37)42(41(33)48)40(32)47(34)36/h13-23H,1-12H3. The molecule has 5 aromatic heterocycles. The van der Waals surface area contributed by atoms with Crippen LogP contribution >= 0.6 is 0 Å². The van der Waals surface area contributed by atoms with Crippen molar-refractivity contribution in [2.24, 2.45) is 0 Å². The van der Waals surface area contributed by atoms with E-state index in [1.54, 1.807) is 0 Å². The summed E-state index contributed by atoms with van der Waals surface area (Å²) in [5.41, 5.74) is 17.5. The number of benzene rings is 5. The van der Waals surface area contributed by atoms with Gasteiger partial charge in [0.15, 0.2) is 0 Å². The maximum Gasteiger partial charge on any atom is 0.0961 e. The van der Waals surface area contributed by atoms with Gasteiger partial charge in [0.25, 0.3) is 0 Å². The van der Waals surface area contributed by atoms with E-state index in [0.29, 0.717) is 0 Å². The predicted octanol–water partition coefficient (Wildman–Crippen LogP) is 12.9. The SMILES string of the molecule is CC(C)(C)c1ccc2c(c1)c1cc3c4cc(C(C)(C)C)ccc4n4c5cc(C(C)(C)C)cc6c7cc(C(C)(C)C)cc8c7n(c65)c(c1n28)c34. The Labute approximate surface area is 288 Å². The van der Waals surface area contributed by atoms with Crippen LogP contribution in [0.5, 0.6) is 0 Å². The average molecular weight is 642 g/mol. The lowest BCUT2D eigenvalue weighted by atomic mass is 9.84. The van der Waals surface area contributed by atoms with E-state index in [0.717, 1.165) is 0 Å². The smallest absolute Gasteiger partial charge is 0.0961 e. The molecule has 5 aromatic carbocycles. The molecule has 0 N–H and O–H groups in total. The second-order valence-corrected chi connectivity index (χ2v) is 19.3. The number of rotatable bonds is 0. The minimum Gasteiger partial charge on any atom is -0.305 e. The zero-order valence-electron chi connectivity index (χ0n) is 31.2. The summed E-state index contributed by atoms with van der Waals surface area (Å²) in [4.78, 5) is 0. The van der Waals surface area contributed by atoms with E-state index in [-0.39, 0.29) is 21.7 Å². The monoisotopic (exact) mass is 641 g/mol. The van der Waals surface area contributed by atoms with Gasteiger partial charge >= 0.3 is 0 Å². The van der Waals surface area contributed by atoms with Crippen LogP contribution in [0.4, 0.5) is 0 Å². The van der Waals surface area contributed by atoms with Gasteiger partial charge in [0, 0.05) is 32.3 Å². The van der Waals surface area contributed by atoms with Gasteiger partial charge in [0.2, 0.25) is 0 Å². The Hall–Kier alpha value is -4.50. The van der Waals surface area contributed by atoms with Crippen molar-refractivity contribution in [3.05, 3.63) is 89.0 Å². The lowest BCUT2D eigenvalue weighted by Crippen LogP contribution is -2.12. The van der Waals surface area contributed by atoms with Crippen LogP contribution in [0.3, 0.4) is 0 Å². The van der Waals surface area contributed by atoms with Gasteiger partial charge in [0.05, 0.1) is 49.7 Å². The van der Waals surface area contributed by atoms with Gasteiger partial charge in [-0.1, -0.05) is 95.2 Å². The lowest BCUT2D eigenvalue weighted by molar-refractivity contribution is 0.590. The second-order valence-electron chi connectivity index (χ2n) is 19.3. The van der Waals surface area contributed by atoms with E-state index in [2.05, 4.69) is 163 Å². The van der Waals surface area contributed by atoms with Crippen LogP contribution in [0.1, 0.15) is 105 Å². The first-order valence-corrected chi connectivity index (χ1v) is 18.1. The molecule has 3 heteroatoms. The van der Waals surface area contributed by atoms with Gasteiger partial charge in [-0.05, 0) is 98.5 Å². The maximum atomic E-state index is 2.67. The molecule has 0 saturated heterocycles. The Morgan fingerprint density at radius 1 is 0.286 bits per heavy atom. The van der Waals surface area contributed by atoms with Gasteiger partial charge < -0.3 is 13.2 Å². The molecular weight excluding hydrogens is 595 g/mol. The lowest BCUT2D eigenvalue weighted by Gasteiger charge is -2.22. The Morgan fingerprint density at radius 2 is 0.633 bits per heavy atom. The third kappa shape index (κ3) is 3.54. The number of fused-ring (bicyclic) bond motifs is 9. The van der Waals surface area contributed by atoms with Crippen molar-refractivity contribution in [2.75, 3.05) is 0 Å². The summed E-state index contributed by atoms with van der Waals surface area (Å²) >= 11 is 0. The summed E-state index contributed by atoms with van der Waals surface area (Å²) < 4.78 is 7.92. The zero-order chi connectivity index (χ0) is 34.5. The number of nitrogens with zero attached hydrogens (tertiary/aromatic N) is 3. The van der Waals surface area contributed by atoms with Crippen LogP contribution < -0.4 is 0 Å². The molecule has 246 valence electrons. The fraction of sp³-hybridized carbons (Fsp3) is 0.348. The second kappa shape index (κ2) is 8.44. The van der Waals surface area contributed by atoms with Gasteiger partial charge in [-0.2, -0.15) is 0 Å². The van der Waals surface area contributed by atoms with Gasteiger partial charge in [-0.25, -0.2) is 0 Å². The molecule has 0 amide bonds. The van der Waals surface area contributed by atoms with E-state index >= 15 is 0 Å². The van der Waals surface area contributed by atoms with E-state index in [9.17, 15) is 0 Å². The van der Waals surface area contributed by atoms with Gasteiger partial charge in [-0.3, -0.25) is 0 Å². The van der Waals surface area contributed by atoms with Crippen molar-refractivity contribution in [2.45, 2.75) is 105 Å². The number of hydrogen-bond donors (Lipinski definition) is 0. The van der Waals surface area contributed by atoms with E-state index in [1.807, 2.05) is 0 Å². The Kier molecular flexibility index (Phi) is 5.07. The highest BCUT2D eigenvalue weighted by Crippen LogP contribution is 2.50. The summed E-state index contributed by atoms with van der Waals surface area (Å²) in [6.45, 7) is 28.1. The highest BCUT2D eigenvalue weighted by atomic mass is 15.1. The fourth-order valence-electron chi connectivity index (χ4n) is 8.95. The molecule has 0 radical (unpaired) electrons. The number of aromatic nitrogens is 3. The Balaban J connectivity index is 1.60. The normalized spacial score (nSPS) is 14.5. The largest absolute Gasteiger partial charge is 0.305 e. The van der Waals surface area contributed by atoms with E-state index < -0.39 is 0 Å². The molecule has 0 atom stereocenters. The first-order valence-electron chi connectivity index (χ1n) is 18.1. The molecule has 0 saturated carbocycles. The van der Waals surface area contributed by atoms with Crippen molar-refractivity contribution in [1.29, 1.82) is 0 Å². The van der Waals surface area contributed by atoms with Crippen LogP contribution in [-0.2, 0) is 21.7 Å². The average Bonchev–Trinajstić information content (AvgIpc) is 3.64. The molecular formula is C46H47N3. The Morgan fingerprint density at radius 3 is 1.00 bits per heavy atom. The van der Waals surface area contributed by atoms with Crippen molar-refractivity contribution < 1.29 is 0 Å². The first kappa shape index (κ1) is 29.4. The minimum absolute atomic E-state index is 0.00169. The summed E-state index contributed by atoms with van der Waals surface area (Å²) in [5.74, 6) is 0. The summed E-state index contributed by atoms with van der Waals surface area (Å²) in [6, 6.07) is 27.1. The molecule has 10 rings (SSSR count). The fourth-order valence-corrected chi connectivity index (χ4v) is 8.95. The molecule has 0 fully saturated rings. The zero-order valence-corrected chi connectivity index (χ0v) is 31.2. The molecule has 0 unspecified atom stereocenters. The first-order chi connectivity index (χ1) is 22.8. The molecule has 5 heterocycles. The van der Waals surface area contributed by atoms with E-state index in [4.69, 9.17) is 0 Å². The van der Waals surface area contributed by atoms with Crippen molar-refractivity contribution >= 4 is 82.0 Å². The minimum atomic E-state index is 0.00169. The molecule has 0 aliphatic heterocycles. The predicted molar refractivity (Wildman–Crippen MR) is 213 cm³/mol. The molecule has 3 nitrogen and oxygen atoms in total. The van der Waals surface area contributed by atoms with Crippen molar-refractivity contribution in [3.8, 4) is 0 Å². The molecule has 49 heavy (non-hydrogen) atoms. The highest BCUT2D eigenvalue weighted by molar-refractivity contribution is 6.32. The van der Waals surface area contributed by atoms with Gasteiger partial charge in [-0.15, -0.1) is 0 Å². The summed E-state index contributed by atoms with van der Waals surface area (Å²) in [5, 5.41) is 8.11. The van der Waals surface area contributed by atoms with Crippen LogP contribution in [-0.4, -0.2) is 13.2 Å². The summed E-state index contributed by atoms with van der Waals surface area (Å²) in [6.07, 6.45) is 0. The van der Waals surface area contributed by atoms with Crippen molar-refractivity contribution in [3.63, 3.8) is 0 Å². The van der Waals surface area contributed by atoms with Crippen LogP contribution in [0.2, 0.25) is 0 Å². The van der Waals surface area contributed by atoms with Gasteiger partial charge in [0.1, 0.15) is 0 Å². The van der Waals surface area contributed by atoms with Crippen LogP contribution in [0, 0.1) is 0 Å². The molecule has 0 aliphatic carbocycles.